The summed E-state index contributed by atoms with van der Waals surface area (Å²) in [6.07, 6.45) is 1.48. The van der Waals surface area contributed by atoms with Crippen molar-refractivity contribution >= 4 is 24.0 Å². The fourth-order valence-electron chi connectivity index (χ4n) is 3.15. The molecule has 2 aromatic carbocycles. The highest BCUT2D eigenvalue weighted by Gasteiger charge is 2.16. The SMILES string of the molecule is CCOC(=O)C(=Cc1ccc(-c2cccc(CNCC(=O)OC(C)(C)C)c2)cc1)CC(=O)OC. The van der Waals surface area contributed by atoms with Gasteiger partial charge in [0, 0.05) is 12.1 Å². The Morgan fingerprint density at radius 1 is 0.971 bits per heavy atom. The Morgan fingerprint density at radius 3 is 2.29 bits per heavy atom. The van der Waals surface area contributed by atoms with Gasteiger partial charge in [-0.15, -0.1) is 0 Å². The highest BCUT2D eigenvalue weighted by molar-refractivity contribution is 5.98. The summed E-state index contributed by atoms with van der Waals surface area (Å²) in [6.45, 7) is 8.12. The first-order chi connectivity index (χ1) is 16.1. The van der Waals surface area contributed by atoms with E-state index in [2.05, 4.69) is 10.1 Å². The first kappa shape index (κ1) is 26.8. The predicted octanol–water partition coefficient (Wildman–Crippen LogP) is 4.29. The van der Waals surface area contributed by atoms with E-state index in [1.165, 1.54) is 7.11 Å². The molecule has 0 heterocycles. The molecule has 0 unspecified atom stereocenters. The van der Waals surface area contributed by atoms with E-state index in [4.69, 9.17) is 9.47 Å². The van der Waals surface area contributed by atoms with Gasteiger partial charge in [-0.05, 0) is 62.1 Å². The lowest BCUT2D eigenvalue weighted by molar-refractivity contribution is -0.153. The van der Waals surface area contributed by atoms with Crippen molar-refractivity contribution < 1.29 is 28.6 Å². The molecule has 0 saturated heterocycles. The van der Waals surface area contributed by atoms with Gasteiger partial charge in [-0.25, -0.2) is 4.79 Å². The van der Waals surface area contributed by atoms with Crippen LogP contribution < -0.4 is 5.32 Å². The van der Waals surface area contributed by atoms with E-state index in [0.717, 1.165) is 22.3 Å². The number of methoxy groups -OCH3 is 1. The number of benzene rings is 2. The quantitative estimate of drug-likeness (QED) is 0.317. The van der Waals surface area contributed by atoms with Gasteiger partial charge in [-0.3, -0.25) is 9.59 Å². The summed E-state index contributed by atoms with van der Waals surface area (Å²) in [4.78, 5) is 35.7. The van der Waals surface area contributed by atoms with Gasteiger partial charge in [-0.1, -0.05) is 42.5 Å². The van der Waals surface area contributed by atoms with Crippen molar-refractivity contribution in [2.45, 2.75) is 46.3 Å². The Hall–Kier alpha value is -3.45. The molecule has 1 N–H and O–H groups in total. The van der Waals surface area contributed by atoms with E-state index in [9.17, 15) is 14.4 Å². The van der Waals surface area contributed by atoms with Crippen LogP contribution in [0.15, 0.2) is 54.1 Å². The molecule has 0 aliphatic rings. The number of rotatable bonds is 10. The first-order valence-electron chi connectivity index (χ1n) is 11.2. The summed E-state index contributed by atoms with van der Waals surface area (Å²) < 4.78 is 15.0. The maximum Gasteiger partial charge on any atom is 0.334 e. The predicted molar refractivity (Wildman–Crippen MR) is 131 cm³/mol. The zero-order valence-electron chi connectivity index (χ0n) is 20.5. The fourth-order valence-corrected chi connectivity index (χ4v) is 3.15. The molecule has 0 aromatic heterocycles. The van der Waals surface area contributed by atoms with Crippen LogP contribution in [0, 0.1) is 0 Å². The first-order valence-corrected chi connectivity index (χ1v) is 11.2. The second kappa shape index (κ2) is 12.7. The van der Waals surface area contributed by atoms with E-state index in [1.807, 2.05) is 69.3 Å². The van der Waals surface area contributed by atoms with E-state index in [0.29, 0.717) is 6.54 Å². The monoisotopic (exact) mass is 467 g/mol. The summed E-state index contributed by atoms with van der Waals surface area (Å²) in [5.74, 6) is -1.33. The lowest BCUT2D eigenvalue weighted by Gasteiger charge is -2.19. The molecule has 34 heavy (non-hydrogen) atoms. The smallest absolute Gasteiger partial charge is 0.334 e. The normalized spacial score (nSPS) is 11.6. The summed E-state index contributed by atoms with van der Waals surface area (Å²) in [5.41, 5.74) is 3.55. The van der Waals surface area contributed by atoms with E-state index in [1.54, 1.807) is 13.0 Å². The minimum Gasteiger partial charge on any atom is -0.469 e. The third-order valence-electron chi connectivity index (χ3n) is 4.63. The average molecular weight is 468 g/mol. The molecule has 0 aliphatic carbocycles. The van der Waals surface area contributed by atoms with Crippen LogP contribution in [0.1, 0.15) is 45.2 Å². The van der Waals surface area contributed by atoms with Gasteiger partial charge in [0.25, 0.3) is 0 Å². The second-order valence-corrected chi connectivity index (χ2v) is 8.66. The van der Waals surface area contributed by atoms with Crippen LogP contribution in [0.5, 0.6) is 0 Å². The highest BCUT2D eigenvalue weighted by Crippen LogP contribution is 2.22. The lowest BCUT2D eigenvalue weighted by Crippen LogP contribution is -2.31. The van der Waals surface area contributed by atoms with Crippen molar-refractivity contribution in [3.05, 3.63) is 65.2 Å². The van der Waals surface area contributed by atoms with Crippen molar-refractivity contribution in [3.8, 4) is 11.1 Å². The average Bonchev–Trinajstić information content (AvgIpc) is 2.78. The van der Waals surface area contributed by atoms with E-state index >= 15 is 0 Å². The fraction of sp³-hybridized carbons (Fsp3) is 0.370. The van der Waals surface area contributed by atoms with Crippen molar-refractivity contribution in [1.82, 2.24) is 5.32 Å². The van der Waals surface area contributed by atoms with Crippen LogP contribution in [0.25, 0.3) is 17.2 Å². The number of nitrogens with one attached hydrogen (secondary N) is 1. The summed E-state index contributed by atoms with van der Waals surface area (Å²) in [6, 6.07) is 15.6. The molecule has 0 saturated carbocycles. The number of hydrogen-bond acceptors (Lipinski definition) is 7. The third-order valence-corrected chi connectivity index (χ3v) is 4.63. The Labute approximate surface area is 201 Å². The molecule has 0 aliphatic heterocycles. The number of ether oxygens (including phenoxy) is 3. The van der Waals surface area contributed by atoms with Gasteiger partial charge in [0.2, 0.25) is 0 Å². The van der Waals surface area contributed by atoms with Crippen LogP contribution in [0.3, 0.4) is 0 Å². The molecular formula is C27H33NO6. The van der Waals surface area contributed by atoms with Crippen molar-refractivity contribution in [2.24, 2.45) is 0 Å². The van der Waals surface area contributed by atoms with Crippen LogP contribution in [-0.2, 0) is 35.1 Å². The lowest BCUT2D eigenvalue weighted by atomic mass is 10.0. The van der Waals surface area contributed by atoms with Crippen LogP contribution in [0.2, 0.25) is 0 Å². The number of hydrogen-bond donors (Lipinski definition) is 1. The van der Waals surface area contributed by atoms with Gasteiger partial charge in [0.05, 0.1) is 26.7 Å². The molecular weight excluding hydrogens is 434 g/mol. The number of carbonyl (C=O) groups is 3. The Morgan fingerprint density at radius 2 is 1.68 bits per heavy atom. The molecule has 0 radical (unpaired) electrons. The van der Waals surface area contributed by atoms with Gasteiger partial charge in [0.1, 0.15) is 5.60 Å². The zero-order valence-corrected chi connectivity index (χ0v) is 20.5. The van der Waals surface area contributed by atoms with Gasteiger partial charge >= 0.3 is 17.9 Å². The molecule has 7 nitrogen and oxygen atoms in total. The maximum atomic E-state index is 12.2. The van der Waals surface area contributed by atoms with Crippen LogP contribution in [-0.4, -0.2) is 43.8 Å². The minimum absolute atomic E-state index is 0.136. The third kappa shape index (κ3) is 9.19. The summed E-state index contributed by atoms with van der Waals surface area (Å²) >= 11 is 0. The Bertz CT molecular complexity index is 1020. The topological polar surface area (TPSA) is 90.9 Å². The largest absolute Gasteiger partial charge is 0.469 e. The second-order valence-electron chi connectivity index (χ2n) is 8.66. The number of esters is 3. The summed E-state index contributed by atoms with van der Waals surface area (Å²) in [5, 5.41) is 3.11. The van der Waals surface area contributed by atoms with Gasteiger partial charge in [-0.2, -0.15) is 0 Å². The molecule has 2 rings (SSSR count). The van der Waals surface area contributed by atoms with E-state index < -0.39 is 17.5 Å². The van der Waals surface area contributed by atoms with Crippen LogP contribution in [0.4, 0.5) is 0 Å². The Balaban J connectivity index is 2.08. The van der Waals surface area contributed by atoms with Crippen molar-refractivity contribution in [2.75, 3.05) is 20.3 Å². The Kier molecular flexibility index (Phi) is 10.0. The maximum absolute atomic E-state index is 12.2. The molecule has 7 heteroatoms. The highest BCUT2D eigenvalue weighted by atomic mass is 16.6. The standard InChI is InChI=1S/C27H33NO6/c1-6-33-26(31)23(16-24(29)32-5)14-19-10-12-21(13-11-19)22-9-7-8-20(15-22)17-28-18-25(30)34-27(2,3)4/h7-15,28H,6,16-18H2,1-5H3. The van der Waals surface area contributed by atoms with E-state index in [-0.39, 0.29) is 31.1 Å². The van der Waals surface area contributed by atoms with Crippen molar-refractivity contribution in [1.29, 1.82) is 0 Å². The van der Waals surface area contributed by atoms with Crippen LogP contribution >= 0.6 is 0 Å². The van der Waals surface area contributed by atoms with Gasteiger partial charge in [0.15, 0.2) is 0 Å². The van der Waals surface area contributed by atoms with Gasteiger partial charge < -0.3 is 19.5 Å². The molecule has 0 spiro atoms. The molecule has 0 amide bonds. The molecule has 0 bridgehead atoms. The summed E-state index contributed by atoms with van der Waals surface area (Å²) in [7, 11) is 1.28. The molecule has 0 fully saturated rings. The molecule has 0 atom stereocenters. The molecule has 2 aromatic rings. The minimum atomic E-state index is -0.538. The van der Waals surface area contributed by atoms with Crippen molar-refractivity contribution in [3.63, 3.8) is 0 Å². The zero-order chi connectivity index (χ0) is 25.1. The molecule has 182 valence electrons. The number of carbonyl (C=O) groups excluding carboxylic acids is 3.